The summed E-state index contributed by atoms with van der Waals surface area (Å²) < 4.78 is 21.9. The number of methoxy groups -OCH3 is 1. The Morgan fingerprint density at radius 2 is 1.77 bits per heavy atom. The minimum atomic E-state index is -0.334. The summed E-state index contributed by atoms with van der Waals surface area (Å²) in [4.78, 5) is 17.7. The van der Waals surface area contributed by atoms with E-state index in [1.54, 1.807) is 55.6 Å². The van der Waals surface area contributed by atoms with Crippen molar-refractivity contribution in [1.29, 1.82) is 0 Å². The molecule has 0 atom stereocenters. The maximum absolute atomic E-state index is 13.1. The predicted octanol–water partition coefficient (Wildman–Crippen LogP) is 4.65. The highest BCUT2D eigenvalue weighted by molar-refractivity contribution is 6.05. The van der Waals surface area contributed by atoms with E-state index in [2.05, 4.69) is 10.3 Å². The Balaban J connectivity index is 1.58. The Morgan fingerprint density at radius 1 is 0.968 bits per heavy atom. The van der Waals surface area contributed by atoms with Crippen LogP contribution in [0.2, 0.25) is 0 Å². The Kier molecular flexibility index (Phi) is 4.76. The van der Waals surface area contributed by atoms with E-state index in [0.29, 0.717) is 39.8 Å². The van der Waals surface area contributed by atoms with Crippen LogP contribution in [0.4, 0.5) is 11.4 Å². The highest BCUT2D eigenvalue weighted by Gasteiger charge is 2.16. The summed E-state index contributed by atoms with van der Waals surface area (Å²) in [6.07, 6.45) is 0. The first-order valence-electron chi connectivity index (χ1n) is 9.62. The standard InChI is InChI=1S/C24H18N2O5/c1-28-18-9-6-16(7-10-18)25-23(27)19-12-15-4-2-3-5-20(15)31-24(19)26-17-8-11-21-22(13-17)30-14-29-21/h2-13H,14H2,1H3,(H,25,27). The first-order chi connectivity index (χ1) is 15.2. The van der Waals surface area contributed by atoms with E-state index in [4.69, 9.17) is 18.6 Å². The van der Waals surface area contributed by atoms with Crippen LogP contribution in [0, 0.1) is 0 Å². The molecule has 0 saturated carbocycles. The molecule has 3 aromatic carbocycles. The van der Waals surface area contributed by atoms with Gasteiger partial charge in [0.25, 0.3) is 5.91 Å². The first-order valence-corrected chi connectivity index (χ1v) is 9.62. The zero-order chi connectivity index (χ0) is 21.2. The van der Waals surface area contributed by atoms with E-state index in [9.17, 15) is 4.79 Å². The summed E-state index contributed by atoms with van der Waals surface area (Å²) >= 11 is 0. The Morgan fingerprint density at radius 3 is 2.61 bits per heavy atom. The van der Waals surface area contributed by atoms with Gasteiger partial charge in [0.05, 0.1) is 12.8 Å². The van der Waals surface area contributed by atoms with Gasteiger partial charge in [0.15, 0.2) is 11.5 Å². The summed E-state index contributed by atoms with van der Waals surface area (Å²) in [5.41, 5.74) is 2.36. The zero-order valence-electron chi connectivity index (χ0n) is 16.6. The molecule has 7 nitrogen and oxygen atoms in total. The molecule has 5 rings (SSSR count). The summed E-state index contributed by atoms with van der Waals surface area (Å²) in [6, 6.07) is 21.6. The van der Waals surface area contributed by atoms with Crippen LogP contribution in [0.15, 0.2) is 82.2 Å². The Bertz CT molecular complexity index is 1340. The van der Waals surface area contributed by atoms with Gasteiger partial charge in [-0.2, -0.15) is 0 Å². The summed E-state index contributed by atoms with van der Waals surface area (Å²) in [5.74, 6) is 1.63. The monoisotopic (exact) mass is 414 g/mol. The smallest absolute Gasteiger partial charge is 0.261 e. The van der Waals surface area contributed by atoms with Crippen molar-refractivity contribution in [2.45, 2.75) is 0 Å². The van der Waals surface area contributed by atoms with Crippen molar-refractivity contribution in [2.75, 3.05) is 19.2 Å². The number of amides is 1. The molecular weight excluding hydrogens is 396 g/mol. The molecule has 154 valence electrons. The van der Waals surface area contributed by atoms with Crippen LogP contribution in [0.25, 0.3) is 11.0 Å². The molecule has 0 aliphatic carbocycles. The average Bonchev–Trinajstić information content (AvgIpc) is 3.27. The van der Waals surface area contributed by atoms with E-state index < -0.39 is 0 Å². The van der Waals surface area contributed by atoms with Gasteiger partial charge in [-0.05, 0) is 48.5 Å². The molecular formula is C24H18N2O5. The normalized spacial score (nSPS) is 12.7. The van der Waals surface area contributed by atoms with E-state index in [-0.39, 0.29) is 18.3 Å². The van der Waals surface area contributed by atoms with Gasteiger partial charge in [0.2, 0.25) is 12.3 Å². The molecule has 31 heavy (non-hydrogen) atoms. The van der Waals surface area contributed by atoms with Crippen LogP contribution in [-0.2, 0) is 0 Å². The molecule has 0 spiro atoms. The van der Waals surface area contributed by atoms with E-state index >= 15 is 0 Å². The van der Waals surface area contributed by atoms with Gasteiger partial charge in [-0.3, -0.25) is 4.79 Å². The molecule has 1 aliphatic rings. The summed E-state index contributed by atoms with van der Waals surface area (Å²) in [5, 5.41) is 3.68. The number of fused-ring (bicyclic) bond motifs is 2. The van der Waals surface area contributed by atoms with Crippen LogP contribution < -0.4 is 25.1 Å². The molecule has 0 bridgehead atoms. The minimum Gasteiger partial charge on any atom is -0.497 e. The molecule has 7 heteroatoms. The lowest BCUT2D eigenvalue weighted by Gasteiger charge is -2.08. The molecule has 0 fully saturated rings. The van der Waals surface area contributed by atoms with Gasteiger partial charge in [-0.15, -0.1) is 0 Å². The topological polar surface area (TPSA) is 82.3 Å². The van der Waals surface area contributed by atoms with Gasteiger partial charge in [0.1, 0.15) is 16.9 Å². The SMILES string of the molecule is COc1ccc(NC(=O)c2cc3ccccc3oc2=Nc2ccc3c(c2)OCO3)cc1. The van der Waals surface area contributed by atoms with Gasteiger partial charge in [-0.1, -0.05) is 18.2 Å². The van der Waals surface area contributed by atoms with Gasteiger partial charge in [-0.25, -0.2) is 4.99 Å². The molecule has 1 N–H and O–H groups in total. The number of anilines is 1. The lowest BCUT2D eigenvalue weighted by atomic mass is 10.1. The van der Waals surface area contributed by atoms with Crippen LogP contribution in [0.1, 0.15) is 10.4 Å². The molecule has 4 aromatic rings. The van der Waals surface area contributed by atoms with Crippen molar-refractivity contribution >= 4 is 28.3 Å². The predicted molar refractivity (Wildman–Crippen MR) is 115 cm³/mol. The second kappa shape index (κ2) is 7.87. The number of hydrogen-bond donors (Lipinski definition) is 1. The quantitative estimate of drug-likeness (QED) is 0.525. The van der Waals surface area contributed by atoms with Crippen molar-refractivity contribution in [3.05, 3.63) is 83.9 Å². The summed E-state index contributed by atoms with van der Waals surface area (Å²) in [7, 11) is 1.59. The number of carbonyl (C=O) groups is 1. The zero-order valence-corrected chi connectivity index (χ0v) is 16.6. The van der Waals surface area contributed by atoms with Gasteiger partial charge >= 0.3 is 0 Å². The molecule has 2 heterocycles. The van der Waals surface area contributed by atoms with Crippen LogP contribution in [-0.4, -0.2) is 19.8 Å². The number of ether oxygens (including phenoxy) is 3. The van der Waals surface area contributed by atoms with Gasteiger partial charge < -0.3 is 23.9 Å². The fourth-order valence-corrected chi connectivity index (χ4v) is 3.26. The minimum absolute atomic E-state index is 0.175. The number of para-hydroxylation sites is 1. The molecule has 1 amide bonds. The van der Waals surface area contributed by atoms with E-state index in [1.807, 2.05) is 24.3 Å². The lowest BCUT2D eigenvalue weighted by molar-refractivity contribution is 0.102. The number of carbonyl (C=O) groups excluding carboxylic acids is 1. The molecule has 0 saturated heterocycles. The second-order valence-corrected chi connectivity index (χ2v) is 6.84. The molecule has 0 radical (unpaired) electrons. The number of rotatable bonds is 4. The third kappa shape index (κ3) is 3.81. The maximum Gasteiger partial charge on any atom is 0.261 e. The number of nitrogens with one attached hydrogen (secondary N) is 1. The first kappa shape index (κ1) is 18.7. The largest absolute Gasteiger partial charge is 0.497 e. The Labute approximate surface area is 177 Å². The lowest BCUT2D eigenvalue weighted by Crippen LogP contribution is -2.21. The van der Waals surface area contributed by atoms with Crippen LogP contribution in [0.3, 0.4) is 0 Å². The number of hydrogen-bond acceptors (Lipinski definition) is 6. The summed E-state index contributed by atoms with van der Waals surface area (Å²) in [6.45, 7) is 0.175. The fraction of sp³-hybridized carbons (Fsp3) is 0.0833. The van der Waals surface area contributed by atoms with E-state index in [1.165, 1.54) is 0 Å². The Hall–Kier alpha value is -4.26. The van der Waals surface area contributed by atoms with Crippen molar-refractivity contribution in [3.63, 3.8) is 0 Å². The molecule has 0 unspecified atom stereocenters. The van der Waals surface area contributed by atoms with Crippen molar-refractivity contribution in [3.8, 4) is 17.2 Å². The highest BCUT2D eigenvalue weighted by Crippen LogP contribution is 2.35. The average molecular weight is 414 g/mol. The highest BCUT2D eigenvalue weighted by atomic mass is 16.7. The van der Waals surface area contributed by atoms with Crippen LogP contribution >= 0.6 is 0 Å². The number of benzene rings is 3. The van der Waals surface area contributed by atoms with Crippen molar-refractivity contribution in [1.82, 2.24) is 0 Å². The second-order valence-electron chi connectivity index (χ2n) is 6.84. The fourth-order valence-electron chi connectivity index (χ4n) is 3.26. The van der Waals surface area contributed by atoms with E-state index in [0.717, 1.165) is 5.39 Å². The number of nitrogens with zero attached hydrogens (tertiary/aromatic N) is 1. The molecule has 1 aromatic heterocycles. The molecule has 1 aliphatic heterocycles. The van der Waals surface area contributed by atoms with Crippen LogP contribution in [0.5, 0.6) is 17.2 Å². The van der Waals surface area contributed by atoms with Crippen molar-refractivity contribution in [2.24, 2.45) is 4.99 Å². The van der Waals surface area contributed by atoms with Gasteiger partial charge in [0, 0.05) is 17.1 Å². The van der Waals surface area contributed by atoms with Crippen molar-refractivity contribution < 1.29 is 23.4 Å². The maximum atomic E-state index is 13.1. The third-order valence-electron chi connectivity index (χ3n) is 4.84. The third-order valence-corrected chi connectivity index (χ3v) is 4.84.